The molecule has 6 nitrogen and oxygen atoms in total. The molecule has 0 saturated carbocycles. The number of aromatic nitrogens is 1. The summed E-state index contributed by atoms with van der Waals surface area (Å²) in [5, 5.41) is 12.6. The Morgan fingerprint density at radius 1 is 1.21 bits per heavy atom. The number of nitrogens with one attached hydrogen (secondary N) is 3. The van der Waals surface area contributed by atoms with Crippen LogP contribution in [0.4, 0.5) is 0 Å². The molecule has 0 saturated heterocycles. The quantitative estimate of drug-likeness (QED) is 0.457. The van der Waals surface area contributed by atoms with Gasteiger partial charge in [0.05, 0.1) is 10.7 Å². The molecule has 2 rings (SSSR count). The number of guanidine groups is 1. The number of hydrogen-bond acceptors (Lipinski definition) is 4. The fourth-order valence-electron chi connectivity index (χ4n) is 2.71. The second kappa shape index (κ2) is 11.0. The van der Waals surface area contributed by atoms with Crippen LogP contribution in [0.1, 0.15) is 54.3 Å². The van der Waals surface area contributed by atoms with Gasteiger partial charge in [0.2, 0.25) is 0 Å². The molecule has 0 spiro atoms. The van der Waals surface area contributed by atoms with Gasteiger partial charge < -0.3 is 16.0 Å². The van der Waals surface area contributed by atoms with Crippen LogP contribution in [0.25, 0.3) is 0 Å². The number of carbonyl (C=O) groups is 1. The van der Waals surface area contributed by atoms with Gasteiger partial charge in [-0.3, -0.25) is 9.79 Å². The summed E-state index contributed by atoms with van der Waals surface area (Å²) >= 11 is 1.71. The minimum Gasteiger partial charge on any atom is -0.357 e. The smallest absolute Gasteiger partial charge is 0.251 e. The number of thiazole rings is 1. The molecule has 3 N–H and O–H groups in total. The standard InChI is InChI=1S/C22H33N5OS/c1-6-24-21(26-13-11-19-27-18(15-29-19)22(2,3)4)25-12-10-16-8-7-9-17(14-16)20(28)23-5/h7-9,14-15H,6,10-13H2,1-5H3,(H,23,28)(H2,24,25,26). The minimum atomic E-state index is -0.0634. The van der Waals surface area contributed by atoms with Crippen LogP contribution in [0.2, 0.25) is 0 Å². The van der Waals surface area contributed by atoms with Crippen molar-refractivity contribution in [2.75, 3.05) is 26.7 Å². The Kier molecular flexibility index (Phi) is 8.64. The lowest BCUT2D eigenvalue weighted by atomic mass is 9.93. The molecule has 1 aromatic heterocycles. The van der Waals surface area contributed by atoms with Crippen LogP contribution in [0, 0.1) is 0 Å². The fourth-order valence-corrected chi connectivity index (χ4v) is 3.73. The van der Waals surface area contributed by atoms with E-state index < -0.39 is 0 Å². The average Bonchev–Trinajstić information content (AvgIpc) is 3.17. The van der Waals surface area contributed by atoms with E-state index in [0.29, 0.717) is 12.1 Å². The Morgan fingerprint density at radius 3 is 2.66 bits per heavy atom. The van der Waals surface area contributed by atoms with Crippen molar-refractivity contribution in [1.82, 2.24) is 20.9 Å². The molecule has 0 atom stereocenters. The van der Waals surface area contributed by atoms with Crippen molar-refractivity contribution in [2.24, 2.45) is 4.99 Å². The number of hydrogen-bond donors (Lipinski definition) is 3. The van der Waals surface area contributed by atoms with Crippen molar-refractivity contribution >= 4 is 23.2 Å². The number of aliphatic imine (C=N–C) groups is 1. The van der Waals surface area contributed by atoms with Crippen molar-refractivity contribution < 1.29 is 4.79 Å². The van der Waals surface area contributed by atoms with E-state index in [1.165, 1.54) is 0 Å². The van der Waals surface area contributed by atoms with Gasteiger partial charge >= 0.3 is 0 Å². The molecule has 0 aliphatic rings. The summed E-state index contributed by atoms with van der Waals surface area (Å²) in [6.07, 6.45) is 1.65. The molecule has 0 fully saturated rings. The summed E-state index contributed by atoms with van der Waals surface area (Å²) in [6.45, 7) is 10.8. The average molecular weight is 416 g/mol. The molecule has 0 bridgehead atoms. The highest BCUT2D eigenvalue weighted by Crippen LogP contribution is 2.24. The lowest BCUT2D eigenvalue weighted by Gasteiger charge is -2.14. The van der Waals surface area contributed by atoms with Gasteiger partial charge in [0, 0.05) is 49.5 Å². The molecule has 1 aromatic carbocycles. The van der Waals surface area contributed by atoms with E-state index in [-0.39, 0.29) is 11.3 Å². The van der Waals surface area contributed by atoms with Crippen LogP contribution in [0.15, 0.2) is 34.6 Å². The lowest BCUT2D eigenvalue weighted by molar-refractivity contribution is 0.0963. The second-order valence-corrected chi connectivity index (χ2v) is 8.79. The summed E-state index contributed by atoms with van der Waals surface area (Å²) < 4.78 is 0. The van der Waals surface area contributed by atoms with Crippen LogP contribution in [-0.2, 0) is 18.3 Å². The second-order valence-electron chi connectivity index (χ2n) is 7.84. The van der Waals surface area contributed by atoms with E-state index in [4.69, 9.17) is 4.98 Å². The highest BCUT2D eigenvalue weighted by atomic mass is 32.1. The topological polar surface area (TPSA) is 78.4 Å². The van der Waals surface area contributed by atoms with Gasteiger partial charge in [-0.15, -0.1) is 11.3 Å². The third-order valence-corrected chi connectivity index (χ3v) is 5.29. The van der Waals surface area contributed by atoms with Gasteiger partial charge in [0.1, 0.15) is 0 Å². The molecule has 0 aliphatic carbocycles. The van der Waals surface area contributed by atoms with Gasteiger partial charge in [-0.05, 0) is 31.0 Å². The zero-order valence-corrected chi connectivity index (χ0v) is 18.9. The van der Waals surface area contributed by atoms with Crippen LogP contribution in [0.5, 0.6) is 0 Å². The van der Waals surface area contributed by atoms with Crippen molar-refractivity contribution in [3.05, 3.63) is 51.5 Å². The highest BCUT2D eigenvalue weighted by molar-refractivity contribution is 7.09. The van der Waals surface area contributed by atoms with Gasteiger partial charge in [-0.2, -0.15) is 0 Å². The zero-order valence-electron chi connectivity index (χ0n) is 18.1. The monoisotopic (exact) mass is 415 g/mol. The summed E-state index contributed by atoms with van der Waals surface area (Å²) in [5.41, 5.74) is 3.03. The minimum absolute atomic E-state index is 0.0634. The van der Waals surface area contributed by atoms with Crippen LogP contribution >= 0.6 is 11.3 Å². The Morgan fingerprint density at radius 2 is 2.00 bits per heavy atom. The molecular formula is C22H33N5OS. The first-order valence-corrected chi connectivity index (χ1v) is 11.0. The third-order valence-electron chi connectivity index (χ3n) is 4.38. The Labute approximate surface area is 178 Å². The SMILES string of the molecule is CCNC(=NCCc1nc(C(C)(C)C)cs1)NCCc1cccc(C(=O)NC)c1. The highest BCUT2D eigenvalue weighted by Gasteiger charge is 2.17. The predicted octanol–water partition coefficient (Wildman–Crippen LogP) is 3.14. The Balaban J connectivity index is 1.86. The first kappa shape index (κ1) is 22.9. The number of rotatable bonds is 8. The van der Waals surface area contributed by atoms with Gasteiger partial charge in [-0.1, -0.05) is 32.9 Å². The summed E-state index contributed by atoms with van der Waals surface area (Å²) in [6, 6.07) is 7.71. The van der Waals surface area contributed by atoms with Gasteiger partial charge in [0.15, 0.2) is 5.96 Å². The molecule has 158 valence electrons. The Hall–Kier alpha value is -2.41. The molecule has 7 heteroatoms. The molecule has 2 aromatic rings. The fraction of sp³-hybridized carbons (Fsp3) is 0.500. The number of carbonyl (C=O) groups excluding carboxylic acids is 1. The molecule has 0 aliphatic heterocycles. The molecule has 0 unspecified atom stereocenters. The van der Waals surface area contributed by atoms with Crippen molar-refractivity contribution in [2.45, 2.75) is 46.0 Å². The molecule has 0 radical (unpaired) electrons. The normalized spacial score (nSPS) is 12.0. The van der Waals surface area contributed by atoms with E-state index in [1.54, 1.807) is 18.4 Å². The number of benzene rings is 1. The van der Waals surface area contributed by atoms with E-state index >= 15 is 0 Å². The first-order valence-electron chi connectivity index (χ1n) is 10.1. The van der Waals surface area contributed by atoms with Crippen LogP contribution < -0.4 is 16.0 Å². The zero-order chi connectivity index (χ0) is 21.3. The molecule has 29 heavy (non-hydrogen) atoms. The first-order chi connectivity index (χ1) is 13.8. The van der Waals surface area contributed by atoms with Crippen molar-refractivity contribution in [1.29, 1.82) is 0 Å². The summed E-state index contributed by atoms with van der Waals surface area (Å²) in [4.78, 5) is 21.2. The lowest BCUT2D eigenvalue weighted by Crippen LogP contribution is -2.38. The molecule has 1 amide bonds. The van der Waals surface area contributed by atoms with Crippen LogP contribution in [-0.4, -0.2) is 43.5 Å². The maximum Gasteiger partial charge on any atom is 0.251 e. The maximum absolute atomic E-state index is 11.8. The van der Waals surface area contributed by atoms with Crippen LogP contribution in [0.3, 0.4) is 0 Å². The van der Waals surface area contributed by atoms with Gasteiger partial charge in [-0.25, -0.2) is 4.98 Å². The summed E-state index contributed by atoms with van der Waals surface area (Å²) in [5.74, 6) is 0.745. The number of nitrogens with zero attached hydrogens (tertiary/aromatic N) is 2. The van der Waals surface area contributed by atoms with Crippen molar-refractivity contribution in [3.63, 3.8) is 0 Å². The number of amides is 1. The van der Waals surface area contributed by atoms with E-state index in [2.05, 4.69) is 54.0 Å². The van der Waals surface area contributed by atoms with E-state index in [9.17, 15) is 4.79 Å². The summed E-state index contributed by atoms with van der Waals surface area (Å²) in [7, 11) is 1.64. The molecular weight excluding hydrogens is 382 g/mol. The third kappa shape index (κ3) is 7.49. The van der Waals surface area contributed by atoms with E-state index in [0.717, 1.165) is 48.2 Å². The van der Waals surface area contributed by atoms with Crippen molar-refractivity contribution in [3.8, 4) is 0 Å². The maximum atomic E-state index is 11.8. The Bertz CT molecular complexity index is 823. The van der Waals surface area contributed by atoms with E-state index in [1.807, 2.05) is 24.3 Å². The van der Waals surface area contributed by atoms with Gasteiger partial charge in [0.25, 0.3) is 5.91 Å². The molecule has 1 heterocycles. The largest absolute Gasteiger partial charge is 0.357 e. The predicted molar refractivity (Wildman–Crippen MR) is 122 cm³/mol.